The molecule has 0 radical (unpaired) electrons. The van der Waals surface area contributed by atoms with Gasteiger partial charge in [0, 0.05) is 9.50 Å². The first-order valence-electron chi connectivity index (χ1n) is 10.4. The Morgan fingerprint density at radius 2 is 2.00 bits per heavy atom. The number of rotatable bonds is 4. The van der Waals surface area contributed by atoms with Crippen LogP contribution in [0.1, 0.15) is 31.0 Å². The minimum atomic E-state index is -0.685. The molecule has 1 aromatic heterocycles. The van der Waals surface area contributed by atoms with Gasteiger partial charge in [-0.25, -0.2) is 9.79 Å². The molecule has 0 aliphatic carbocycles. The number of carbonyl (C=O) groups is 1. The van der Waals surface area contributed by atoms with Gasteiger partial charge in [0.2, 0.25) is 6.79 Å². The van der Waals surface area contributed by atoms with Gasteiger partial charge in [-0.05, 0) is 55.3 Å². The minimum Gasteiger partial charge on any atom is -0.463 e. The molecule has 0 unspecified atom stereocenters. The van der Waals surface area contributed by atoms with Crippen LogP contribution in [0.15, 0.2) is 61.9 Å². The van der Waals surface area contributed by atoms with Crippen LogP contribution in [0, 0.1) is 0 Å². The lowest BCUT2D eigenvalue weighted by molar-refractivity contribution is -0.139. The molecule has 34 heavy (non-hydrogen) atoms. The Hall–Kier alpha value is -2.88. The lowest BCUT2D eigenvalue weighted by Gasteiger charge is -2.24. The van der Waals surface area contributed by atoms with Crippen LogP contribution in [-0.4, -0.2) is 23.9 Å². The molecular weight excluding hydrogens is 544 g/mol. The Kier molecular flexibility index (Phi) is 6.09. The highest BCUT2D eigenvalue weighted by atomic mass is 79.9. The fourth-order valence-electron chi connectivity index (χ4n) is 3.94. The van der Waals surface area contributed by atoms with Crippen LogP contribution in [0.4, 0.5) is 0 Å². The normalized spacial score (nSPS) is 16.9. The maximum atomic E-state index is 13.7. The van der Waals surface area contributed by atoms with Crippen molar-refractivity contribution < 1.29 is 19.0 Å². The largest absolute Gasteiger partial charge is 0.463 e. The Balaban J connectivity index is 1.71. The molecule has 0 saturated carbocycles. The van der Waals surface area contributed by atoms with E-state index in [1.807, 2.05) is 12.1 Å². The van der Waals surface area contributed by atoms with E-state index < -0.39 is 12.0 Å². The second-order valence-electron chi connectivity index (χ2n) is 7.58. The monoisotopic (exact) mass is 560 g/mol. The number of hydrogen-bond donors (Lipinski definition) is 0. The average Bonchev–Trinajstić information content (AvgIpc) is 3.37. The number of thiazole rings is 1. The van der Waals surface area contributed by atoms with Crippen LogP contribution in [0.3, 0.4) is 0 Å². The van der Waals surface area contributed by atoms with Crippen molar-refractivity contribution in [1.29, 1.82) is 0 Å². The summed E-state index contributed by atoms with van der Waals surface area (Å²) < 4.78 is 19.0. The first-order valence-corrected chi connectivity index (χ1v) is 12.4. The molecule has 0 fully saturated rings. The summed E-state index contributed by atoms with van der Waals surface area (Å²) in [7, 11) is 0. The molecule has 10 heteroatoms. The standard InChI is InChI=1S/C24H18BrClN2O5S/c1-3-31-23(30)20-12(2)27-24-28(21(20)13-4-6-15(26)7-5-13)22(29)19(34-24)9-14-8-17-18(10-16(14)25)33-11-32-17/h4-10,21H,3,11H2,1-2H3/b19-9-/t21-/m1/s1. The topological polar surface area (TPSA) is 79.1 Å². The van der Waals surface area contributed by atoms with Crippen molar-refractivity contribution >= 4 is 50.9 Å². The molecular formula is C24H18BrClN2O5S. The van der Waals surface area contributed by atoms with Gasteiger partial charge in [0.05, 0.1) is 28.5 Å². The molecule has 0 N–H and O–H groups in total. The first kappa shape index (κ1) is 22.9. The van der Waals surface area contributed by atoms with E-state index in [0.29, 0.717) is 37.1 Å². The van der Waals surface area contributed by atoms with Crippen molar-refractivity contribution in [2.45, 2.75) is 19.9 Å². The molecule has 0 bridgehead atoms. The third-order valence-corrected chi connectivity index (χ3v) is 7.40. The average molecular weight is 562 g/mol. The third-order valence-electron chi connectivity index (χ3n) is 5.48. The number of carbonyl (C=O) groups excluding carboxylic acids is 1. The number of hydrogen-bond acceptors (Lipinski definition) is 7. The molecule has 174 valence electrons. The van der Waals surface area contributed by atoms with Crippen LogP contribution in [-0.2, 0) is 9.53 Å². The van der Waals surface area contributed by atoms with E-state index in [2.05, 4.69) is 20.9 Å². The Labute approximate surface area is 211 Å². The van der Waals surface area contributed by atoms with Crippen molar-refractivity contribution in [3.63, 3.8) is 0 Å². The van der Waals surface area contributed by atoms with E-state index in [0.717, 1.165) is 15.6 Å². The number of allylic oxidation sites excluding steroid dienone is 1. The Morgan fingerprint density at radius 3 is 2.71 bits per heavy atom. The summed E-state index contributed by atoms with van der Waals surface area (Å²) in [6, 6.07) is 10.0. The lowest BCUT2D eigenvalue weighted by Crippen LogP contribution is -2.39. The van der Waals surface area contributed by atoms with E-state index in [1.54, 1.807) is 48.8 Å². The molecule has 3 aromatic rings. The number of nitrogens with zero attached hydrogens (tertiary/aromatic N) is 2. The molecule has 7 nitrogen and oxygen atoms in total. The SMILES string of the molecule is CCOC(=O)C1=C(C)N=c2s/c(=C\c3cc4c(cc3Br)OCO4)c(=O)n2[C@@H]1c1ccc(Cl)cc1. The summed E-state index contributed by atoms with van der Waals surface area (Å²) in [5.74, 6) is 0.751. The fraction of sp³-hybridized carbons (Fsp3) is 0.208. The number of esters is 1. The molecule has 0 spiro atoms. The summed E-state index contributed by atoms with van der Waals surface area (Å²) >= 11 is 10.9. The van der Waals surface area contributed by atoms with Crippen molar-refractivity contribution in [3.8, 4) is 11.5 Å². The zero-order valence-corrected chi connectivity index (χ0v) is 21.3. The first-order chi connectivity index (χ1) is 16.4. The van der Waals surface area contributed by atoms with Gasteiger partial charge in [-0.1, -0.05) is 51.0 Å². The smallest absolute Gasteiger partial charge is 0.338 e. The number of aromatic nitrogens is 1. The molecule has 1 atom stereocenters. The summed E-state index contributed by atoms with van der Waals surface area (Å²) in [5.41, 5.74) is 2.07. The Bertz CT molecular complexity index is 1520. The van der Waals surface area contributed by atoms with E-state index in [1.165, 1.54) is 11.3 Å². The molecule has 3 heterocycles. The number of benzene rings is 2. The maximum absolute atomic E-state index is 13.7. The third kappa shape index (κ3) is 3.97. The molecule has 2 aromatic carbocycles. The van der Waals surface area contributed by atoms with E-state index in [4.69, 9.17) is 25.8 Å². The van der Waals surface area contributed by atoms with Gasteiger partial charge in [-0.2, -0.15) is 0 Å². The Morgan fingerprint density at radius 1 is 1.29 bits per heavy atom. The van der Waals surface area contributed by atoms with Gasteiger partial charge in [-0.3, -0.25) is 9.36 Å². The molecule has 5 rings (SSSR count). The number of fused-ring (bicyclic) bond motifs is 2. The lowest BCUT2D eigenvalue weighted by atomic mass is 9.96. The van der Waals surface area contributed by atoms with Crippen LogP contribution in [0.5, 0.6) is 11.5 Å². The molecule has 2 aliphatic heterocycles. The second-order valence-corrected chi connectivity index (χ2v) is 9.88. The zero-order chi connectivity index (χ0) is 24.0. The van der Waals surface area contributed by atoms with Gasteiger partial charge in [0.15, 0.2) is 16.3 Å². The summed E-state index contributed by atoms with van der Waals surface area (Å²) in [6.07, 6.45) is 1.78. The minimum absolute atomic E-state index is 0.157. The van der Waals surface area contributed by atoms with Crippen molar-refractivity contribution in [2.75, 3.05) is 13.4 Å². The van der Waals surface area contributed by atoms with Crippen LogP contribution < -0.4 is 24.4 Å². The van der Waals surface area contributed by atoms with Gasteiger partial charge >= 0.3 is 5.97 Å². The second kappa shape index (κ2) is 9.05. The van der Waals surface area contributed by atoms with E-state index >= 15 is 0 Å². The summed E-state index contributed by atoms with van der Waals surface area (Å²) in [5, 5.41) is 0.558. The van der Waals surface area contributed by atoms with Crippen LogP contribution >= 0.6 is 38.9 Å². The maximum Gasteiger partial charge on any atom is 0.338 e. The highest BCUT2D eigenvalue weighted by molar-refractivity contribution is 9.10. The summed E-state index contributed by atoms with van der Waals surface area (Å²) in [4.78, 5) is 31.7. The van der Waals surface area contributed by atoms with Crippen molar-refractivity contribution in [3.05, 3.63) is 88.0 Å². The van der Waals surface area contributed by atoms with Crippen LogP contribution in [0.25, 0.3) is 6.08 Å². The highest BCUT2D eigenvalue weighted by Gasteiger charge is 2.33. The highest BCUT2D eigenvalue weighted by Crippen LogP contribution is 2.37. The van der Waals surface area contributed by atoms with Gasteiger partial charge in [0.25, 0.3) is 5.56 Å². The van der Waals surface area contributed by atoms with E-state index in [-0.39, 0.29) is 19.0 Å². The molecule has 2 aliphatic rings. The van der Waals surface area contributed by atoms with Gasteiger partial charge < -0.3 is 14.2 Å². The van der Waals surface area contributed by atoms with Crippen molar-refractivity contribution in [2.24, 2.45) is 4.99 Å². The van der Waals surface area contributed by atoms with E-state index in [9.17, 15) is 9.59 Å². The predicted molar refractivity (Wildman–Crippen MR) is 132 cm³/mol. The predicted octanol–water partition coefficient (Wildman–Crippen LogP) is 3.94. The zero-order valence-electron chi connectivity index (χ0n) is 18.1. The molecule has 0 saturated heterocycles. The number of ether oxygens (including phenoxy) is 3. The number of halogens is 2. The summed E-state index contributed by atoms with van der Waals surface area (Å²) in [6.45, 7) is 3.86. The van der Waals surface area contributed by atoms with Crippen molar-refractivity contribution in [1.82, 2.24) is 4.57 Å². The quantitative estimate of drug-likeness (QED) is 0.451. The van der Waals surface area contributed by atoms with Gasteiger partial charge in [0.1, 0.15) is 0 Å². The molecule has 0 amide bonds. The van der Waals surface area contributed by atoms with Crippen LogP contribution in [0.2, 0.25) is 5.02 Å². The van der Waals surface area contributed by atoms with Gasteiger partial charge in [-0.15, -0.1) is 0 Å². The fourth-order valence-corrected chi connectivity index (χ4v) is 5.54.